The molecule has 0 aliphatic carbocycles. The molecule has 14 heavy (non-hydrogen) atoms. The minimum atomic E-state index is -3.77. The second kappa shape index (κ2) is 4.91. The highest BCUT2D eigenvalue weighted by Gasteiger charge is 2.38. The lowest BCUT2D eigenvalue weighted by molar-refractivity contribution is -0.164. The van der Waals surface area contributed by atoms with Gasteiger partial charge in [0.2, 0.25) is 0 Å². The summed E-state index contributed by atoms with van der Waals surface area (Å²) in [6, 6.07) is -0.541. The van der Waals surface area contributed by atoms with Gasteiger partial charge in [-0.2, -0.15) is 8.78 Å². The number of halogens is 2. The Kier molecular flexibility index (Phi) is 4.51. The Morgan fingerprint density at radius 3 is 2.43 bits per heavy atom. The summed E-state index contributed by atoms with van der Waals surface area (Å²) in [5.74, 6) is -3.67. The van der Waals surface area contributed by atoms with Crippen LogP contribution in [0.15, 0.2) is 0 Å². The summed E-state index contributed by atoms with van der Waals surface area (Å²) in [5.41, 5.74) is 0. The standard InChI is InChI=1S/C9H13F2NO2/c1-4-7(6(2)3)12-5-9(10,11)8(13)14/h1,6-7,12H,5H2,2-3H3,(H,13,14). The second-order valence-electron chi connectivity index (χ2n) is 3.28. The Morgan fingerprint density at radius 1 is 1.64 bits per heavy atom. The minimum Gasteiger partial charge on any atom is -0.477 e. The van der Waals surface area contributed by atoms with Crippen LogP contribution in [0.2, 0.25) is 0 Å². The fourth-order valence-electron chi connectivity index (χ4n) is 0.801. The average Bonchev–Trinajstić information content (AvgIpc) is 2.04. The summed E-state index contributed by atoms with van der Waals surface area (Å²) in [6.45, 7) is 2.57. The van der Waals surface area contributed by atoms with Crippen molar-refractivity contribution >= 4 is 5.97 Å². The van der Waals surface area contributed by atoms with Crippen LogP contribution in [0.25, 0.3) is 0 Å². The summed E-state index contributed by atoms with van der Waals surface area (Å²) >= 11 is 0. The lowest BCUT2D eigenvalue weighted by Crippen LogP contribution is -2.45. The molecule has 5 heteroatoms. The number of hydrogen-bond acceptors (Lipinski definition) is 2. The molecule has 0 radical (unpaired) electrons. The smallest absolute Gasteiger partial charge is 0.375 e. The van der Waals surface area contributed by atoms with Crippen molar-refractivity contribution in [3.8, 4) is 12.3 Å². The molecule has 0 saturated heterocycles. The third-order valence-electron chi connectivity index (χ3n) is 1.70. The average molecular weight is 205 g/mol. The van der Waals surface area contributed by atoms with Crippen LogP contribution in [0.4, 0.5) is 8.78 Å². The van der Waals surface area contributed by atoms with E-state index < -0.39 is 24.5 Å². The number of carbonyl (C=O) groups is 1. The highest BCUT2D eigenvalue weighted by atomic mass is 19.3. The zero-order valence-corrected chi connectivity index (χ0v) is 8.05. The van der Waals surface area contributed by atoms with E-state index in [9.17, 15) is 13.6 Å². The maximum Gasteiger partial charge on any atom is 0.375 e. The van der Waals surface area contributed by atoms with Gasteiger partial charge in [-0.1, -0.05) is 19.8 Å². The molecule has 0 aromatic heterocycles. The Morgan fingerprint density at radius 2 is 2.14 bits per heavy atom. The molecule has 0 aliphatic rings. The van der Waals surface area contributed by atoms with E-state index in [4.69, 9.17) is 11.5 Å². The van der Waals surface area contributed by atoms with Crippen LogP contribution >= 0.6 is 0 Å². The van der Waals surface area contributed by atoms with Gasteiger partial charge in [0.05, 0.1) is 12.6 Å². The van der Waals surface area contributed by atoms with E-state index in [1.54, 1.807) is 13.8 Å². The van der Waals surface area contributed by atoms with E-state index in [-0.39, 0.29) is 5.92 Å². The van der Waals surface area contributed by atoms with Crippen LogP contribution in [0.3, 0.4) is 0 Å². The molecule has 0 fully saturated rings. The summed E-state index contributed by atoms with van der Waals surface area (Å²) < 4.78 is 25.2. The third-order valence-corrected chi connectivity index (χ3v) is 1.70. The number of terminal acetylenes is 1. The highest BCUT2D eigenvalue weighted by molar-refractivity contribution is 5.75. The Labute approximate surface area is 81.5 Å². The molecule has 80 valence electrons. The number of nitrogens with one attached hydrogen (secondary N) is 1. The first kappa shape index (κ1) is 12.8. The van der Waals surface area contributed by atoms with Crippen molar-refractivity contribution in [3.05, 3.63) is 0 Å². The summed E-state index contributed by atoms with van der Waals surface area (Å²) in [4.78, 5) is 10.1. The monoisotopic (exact) mass is 205 g/mol. The van der Waals surface area contributed by atoms with Crippen molar-refractivity contribution in [3.63, 3.8) is 0 Å². The SMILES string of the molecule is C#CC(NCC(F)(F)C(=O)O)C(C)C. The summed E-state index contributed by atoms with van der Waals surface area (Å²) in [7, 11) is 0. The molecular weight excluding hydrogens is 192 g/mol. The van der Waals surface area contributed by atoms with Crippen LogP contribution in [0, 0.1) is 18.3 Å². The third kappa shape index (κ3) is 3.71. The van der Waals surface area contributed by atoms with E-state index in [2.05, 4.69) is 11.2 Å². The number of rotatable bonds is 5. The van der Waals surface area contributed by atoms with E-state index in [1.165, 1.54) is 0 Å². The lowest BCUT2D eigenvalue weighted by Gasteiger charge is -2.19. The van der Waals surface area contributed by atoms with Crippen molar-refractivity contribution < 1.29 is 18.7 Å². The fourth-order valence-corrected chi connectivity index (χ4v) is 0.801. The number of carboxylic acid groups (broad SMARTS) is 1. The Balaban J connectivity index is 4.18. The number of aliphatic carboxylic acids is 1. The van der Waals surface area contributed by atoms with Gasteiger partial charge < -0.3 is 5.11 Å². The molecule has 0 heterocycles. The maximum absolute atomic E-state index is 12.6. The molecule has 1 atom stereocenters. The molecular formula is C9H13F2NO2. The zero-order chi connectivity index (χ0) is 11.4. The molecule has 0 spiro atoms. The summed E-state index contributed by atoms with van der Waals surface area (Å²) in [5, 5.41) is 10.4. The van der Waals surface area contributed by atoms with Crippen LogP contribution < -0.4 is 5.32 Å². The second-order valence-corrected chi connectivity index (χ2v) is 3.28. The van der Waals surface area contributed by atoms with E-state index in [0.29, 0.717) is 0 Å². The highest BCUT2D eigenvalue weighted by Crippen LogP contribution is 2.12. The molecule has 0 saturated carbocycles. The minimum absolute atomic E-state index is 0.0235. The van der Waals surface area contributed by atoms with Gasteiger partial charge in [-0.05, 0) is 5.92 Å². The van der Waals surface area contributed by atoms with E-state index in [1.807, 2.05) is 0 Å². The first-order valence-electron chi connectivity index (χ1n) is 4.12. The van der Waals surface area contributed by atoms with E-state index in [0.717, 1.165) is 0 Å². The zero-order valence-electron chi connectivity index (χ0n) is 8.05. The Bertz CT molecular complexity index is 246. The van der Waals surface area contributed by atoms with Crippen LogP contribution in [0.1, 0.15) is 13.8 Å². The predicted molar refractivity (Wildman–Crippen MR) is 48.0 cm³/mol. The quantitative estimate of drug-likeness (QED) is 0.657. The molecule has 0 aromatic rings. The van der Waals surface area contributed by atoms with Gasteiger partial charge in [0.1, 0.15) is 0 Å². The van der Waals surface area contributed by atoms with Gasteiger partial charge in [-0.15, -0.1) is 6.42 Å². The largest absolute Gasteiger partial charge is 0.477 e. The maximum atomic E-state index is 12.6. The topological polar surface area (TPSA) is 49.3 Å². The predicted octanol–water partition coefficient (Wildman–Crippen LogP) is 0.954. The van der Waals surface area contributed by atoms with Crippen LogP contribution in [0.5, 0.6) is 0 Å². The van der Waals surface area contributed by atoms with Gasteiger partial charge in [0.25, 0.3) is 0 Å². The van der Waals surface area contributed by atoms with Gasteiger partial charge in [-0.25, -0.2) is 4.79 Å². The van der Waals surface area contributed by atoms with Crippen molar-refractivity contribution in [1.29, 1.82) is 0 Å². The molecule has 0 bridgehead atoms. The van der Waals surface area contributed by atoms with Crippen molar-refractivity contribution in [2.75, 3.05) is 6.54 Å². The molecule has 1 unspecified atom stereocenters. The fraction of sp³-hybridized carbons (Fsp3) is 0.667. The lowest BCUT2D eigenvalue weighted by atomic mass is 10.1. The molecule has 2 N–H and O–H groups in total. The van der Waals surface area contributed by atoms with Crippen molar-refractivity contribution in [2.45, 2.75) is 25.8 Å². The molecule has 0 amide bonds. The normalized spacial score (nSPS) is 13.7. The van der Waals surface area contributed by atoms with Crippen molar-refractivity contribution in [1.82, 2.24) is 5.32 Å². The van der Waals surface area contributed by atoms with Crippen LogP contribution in [-0.2, 0) is 4.79 Å². The number of hydrogen-bond donors (Lipinski definition) is 2. The van der Waals surface area contributed by atoms with Gasteiger partial charge >= 0.3 is 11.9 Å². The van der Waals surface area contributed by atoms with Gasteiger partial charge in [0, 0.05) is 0 Å². The van der Waals surface area contributed by atoms with Crippen LogP contribution in [-0.4, -0.2) is 29.6 Å². The Hall–Kier alpha value is -1.15. The number of alkyl halides is 2. The molecule has 0 rings (SSSR count). The number of carboxylic acids is 1. The van der Waals surface area contributed by atoms with Gasteiger partial charge in [0.15, 0.2) is 0 Å². The van der Waals surface area contributed by atoms with Gasteiger partial charge in [-0.3, -0.25) is 5.32 Å². The summed E-state index contributed by atoms with van der Waals surface area (Å²) in [6.07, 6.45) is 5.07. The van der Waals surface area contributed by atoms with E-state index >= 15 is 0 Å². The molecule has 0 aromatic carbocycles. The molecule has 0 aliphatic heterocycles. The molecule has 3 nitrogen and oxygen atoms in total. The van der Waals surface area contributed by atoms with Crippen molar-refractivity contribution in [2.24, 2.45) is 5.92 Å². The first-order valence-corrected chi connectivity index (χ1v) is 4.12. The first-order chi connectivity index (χ1) is 6.31.